The Labute approximate surface area is 87.1 Å². The highest BCUT2D eigenvalue weighted by atomic mass is 16.5. The molecule has 0 aromatic heterocycles. The molecule has 1 atom stereocenters. The average Bonchev–Trinajstić information content (AvgIpc) is 2.19. The Morgan fingerprint density at radius 3 is 2.36 bits per heavy atom. The normalized spacial score (nSPS) is 12.5. The van der Waals surface area contributed by atoms with Crippen molar-refractivity contribution in [1.82, 2.24) is 0 Å². The molecule has 0 N–H and O–H groups in total. The fourth-order valence-electron chi connectivity index (χ4n) is 1.76. The minimum Gasteiger partial charge on any atom is -0.497 e. The van der Waals surface area contributed by atoms with Gasteiger partial charge in [0.2, 0.25) is 0 Å². The second-order valence-electron chi connectivity index (χ2n) is 3.95. The zero-order valence-electron chi connectivity index (χ0n) is 9.42. The second-order valence-corrected chi connectivity index (χ2v) is 3.95. The zero-order valence-corrected chi connectivity index (χ0v) is 9.42. The molecule has 0 amide bonds. The van der Waals surface area contributed by atoms with Crippen LogP contribution in [0.25, 0.3) is 0 Å². The van der Waals surface area contributed by atoms with E-state index in [4.69, 9.17) is 4.74 Å². The second kappa shape index (κ2) is 5.69. The number of methoxy groups -OCH3 is 1. The number of ether oxygens (including phenoxy) is 1. The lowest BCUT2D eigenvalue weighted by Crippen LogP contribution is -1.98. The van der Waals surface area contributed by atoms with Crippen molar-refractivity contribution in [2.24, 2.45) is 5.92 Å². The number of hydrogen-bond donors (Lipinski definition) is 0. The van der Waals surface area contributed by atoms with Crippen LogP contribution in [-0.2, 0) is 6.42 Å². The van der Waals surface area contributed by atoms with Crippen LogP contribution >= 0.6 is 0 Å². The summed E-state index contributed by atoms with van der Waals surface area (Å²) in [4.78, 5) is 0. The van der Waals surface area contributed by atoms with Crippen molar-refractivity contribution in [3.63, 3.8) is 0 Å². The maximum atomic E-state index is 5.12. The van der Waals surface area contributed by atoms with Gasteiger partial charge in [0.1, 0.15) is 5.75 Å². The fourth-order valence-corrected chi connectivity index (χ4v) is 1.76. The van der Waals surface area contributed by atoms with E-state index >= 15 is 0 Å². The molecule has 14 heavy (non-hydrogen) atoms. The molecule has 0 aliphatic carbocycles. The summed E-state index contributed by atoms with van der Waals surface area (Å²) < 4.78 is 5.12. The van der Waals surface area contributed by atoms with Crippen LogP contribution in [-0.4, -0.2) is 7.11 Å². The monoisotopic (exact) mass is 192 g/mol. The molecule has 0 radical (unpaired) electrons. The molecule has 0 bridgehead atoms. The van der Waals surface area contributed by atoms with E-state index in [1.165, 1.54) is 24.8 Å². The molecule has 0 aliphatic heterocycles. The van der Waals surface area contributed by atoms with Crippen LogP contribution in [0.3, 0.4) is 0 Å². The Bertz CT molecular complexity index is 250. The van der Waals surface area contributed by atoms with Crippen LogP contribution in [0.15, 0.2) is 24.3 Å². The van der Waals surface area contributed by atoms with Crippen LogP contribution in [0.2, 0.25) is 0 Å². The van der Waals surface area contributed by atoms with Gasteiger partial charge in [0.25, 0.3) is 0 Å². The van der Waals surface area contributed by atoms with Crippen LogP contribution < -0.4 is 4.74 Å². The molecule has 0 saturated carbocycles. The molecule has 1 aromatic carbocycles. The first-order chi connectivity index (χ1) is 6.76. The minimum absolute atomic E-state index is 0.786. The molecule has 1 rings (SSSR count). The fraction of sp³-hybridized carbons (Fsp3) is 0.538. The third kappa shape index (κ3) is 3.41. The quantitative estimate of drug-likeness (QED) is 0.691. The highest BCUT2D eigenvalue weighted by Gasteiger charge is 2.02. The van der Waals surface area contributed by atoms with E-state index in [1.54, 1.807) is 7.11 Å². The van der Waals surface area contributed by atoms with Crippen molar-refractivity contribution < 1.29 is 4.74 Å². The van der Waals surface area contributed by atoms with Crippen molar-refractivity contribution in [2.75, 3.05) is 7.11 Å². The van der Waals surface area contributed by atoms with Crippen molar-refractivity contribution >= 4 is 0 Å². The first kappa shape index (κ1) is 11.1. The Balaban J connectivity index is 2.50. The van der Waals surface area contributed by atoms with E-state index in [0.717, 1.165) is 11.7 Å². The lowest BCUT2D eigenvalue weighted by Gasteiger charge is -2.10. The van der Waals surface area contributed by atoms with E-state index in [0.29, 0.717) is 0 Å². The van der Waals surface area contributed by atoms with Gasteiger partial charge in [-0.25, -0.2) is 0 Å². The summed E-state index contributed by atoms with van der Waals surface area (Å²) in [6.45, 7) is 4.55. The number of hydrogen-bond acceptors (Lipinski definition) is 1. The largest absolute Gasteiger partial charge is 0.497 e. The van der Waals surface area contributed by atoms with Gasteiger partial charge in [-0.1, -0.05) is 38.8 Å². The van der Waals surface area contributed by atoms with Crippen molar-refractivity contribution in [2.45, 2.75) is 33.1 Å². The molecule has 1 aromatic rings. The lowest BCUT2D eigenvalue weighted by atomic mass is 9.97. The minimum atomic E-state index is 0.786. The van der Waals surface area contributed by atoms with Gasteiger partial charge in [-0.3, -0.25) is 0 Å². The number of rotatable bonds is 5. The van der Waals surface area contributed by atoms with Gasteiger partial charge in [0.15, 0.2) is 0 Å². The summed E-state index contributed by atoms with van der Waals surface area (Å²) in [5.74, 6) is 1.73. The maximum absolute atomic E-state index is 5.12. The van der Waals surface area contributed by atoms with Gasteiger partial charge in [-0.15, -0.1) is 0 Å². The third-order valence-corrected chi connectivity index (χ3v) is 2.52. The summed E-state index contributed by atoms with van der Waals surface area (Å²) >= 11 is 0. The third-order valence-electron chi connectivity index (χ3n) is 2.52. The molecular weight excluding hydrogens is 172 g/mol. The lowest BCUT2D eigenvalue weighted by molar-refractivity contribution is 0.414. The average molecular weight is 192 g/mol. The summed E-state index contributed by atoms with van der Waals surface area (Å²) in [5.41, 5.74) is 1.41. The highest BCUT2D eigenvalue weighted by Crippen LogP contribution is 2.16. The van der Waals surface area contributed by atoms with E-state index in [-0.39, 0.29) is 0 Å². The Morgan fingerprint density at radius 1 is 1.21 bits per heavy atom. The molecule has 0 heterocycles. The van der Waals surface area contributed by atoms with Gasteiger partial charge in [-0.05, 0) is 30.0 Å². The molecule has 78 valence electrons. The maximum Gasteiger partial charge on any atom is 0.118 e. The molecule has 1 heteroatoms. The molecule has 0 fully saturated rings. The zero-order chi connectivity index (χ0) is 10.4. The van der Waals surface area contributed by atoms with E-state index in [9.17, 15) is 0 Å². The molecule has 0 aliphatic rings. The van der Waals surface area contributed by atoms with Gasteiger partial charge in [0, 0.05) is 0 Å². The number of benzene rings is 1. The Kier molecular flexibility index (Phi) is 4.51. The summed E-state index contributed by atoms with van der Waals surface area (Å²) in [7, 11) is 1.70. The molecule has 0 spiro atoms. The Hall–Kier alpha value is -0.980. The molecule has 0 unspecified atom stereocenters. The van der Waals surface area contributed by atoms with Crippen LogP contribution in [0, 0.1) is 5.92 Å². The highest BCUT2D eigenvalue weighted by molar-refractivity contribution is 5.27. The van der Waals surface area contributed by atoms with Crippen LogP contribution in [0.4, 0.5) is 0 Å². The first-order valence-electron chi connectivity index (χ1n) is 5.39. The molecule has 0 saturated heterocycles. The van der Waals surface area contributed by atoms with E-state index in [2.05, 4.69) is 26.0 Å². The Morgan fingerprint density at radius 2 is 1.86 bits per heavy atom. The van der Waals surface area contributed by atoms with Crippen LogP contribution in [0.5, 0.6) is 5.75 Å². The van der Waals surface area contributed by atoms with E-state index in [1.807, 2.05) is 12.1 Å². The first-order valence-corrected chi connectivity index (χ1v) is 5.39. The van der Waals surface area contributed by atoms with Gasteiger partial charge < -0.3 is 4.74 Å². The van der Waals surface area contributed by atoms with Gasteiger partial charge in [-0.2, -0.15) is 0 Å². The summed E-state index contributed by atoms with van der Waals surface area (Å²) in [5, 5.41) is 0. The predicted octanol–water partition coefficient (Wildman–Crippen LogP) is 3.67. The van der Waals surface area contributed by atoms with Crippen molar-refractivity contribution in [3.05, 3.63) is 29.8 Å². The molecule has 1 nitrogen and oxygen atoms in total. The van der Waals surface area contributed by atoms with Gasteiger partial charge in [0.05, 0.1) is 7.11 Å². The summed E-state index contributed by atoms with van der Waals surface area (Å²) in [6, 6.07) is 8.39. The predicted molar refractivity (Wildman–Crippen MR) is 60.8 cm³/mol. The van der Waals surface area contributed by atoms with Crippen LogP contribution in [0.1, 0.15) is 32.3 Å². The SMILES string of the molecule is CCC[C@@H](C)Cc1ccc(OC)cc1. The van der Waals surface area contributed by atoms with Crippen molar-refractivity contribution in [3.8, 4) is 5.75 Å². The smallest absolute Gasteiger partial charge is 0.118 e. The van der Waals surface area contributed by atoms with E-state index < -0.39 is 0 Å². The van der Waals surface area contributed by atoms with Crippen molar-refractivity contribution in [1.29, 1.82) is 0 Å². The van der Waals surface area contributed by atoms with Gasteiger partial charge >= 0.3 is 0 Å². The standard InChI is InChI=1S/C13H20O/c1-4-5-11(2)10-12-6-8-13(14-3)9-7-12/h6-9,11H,4-5,10H2,1-3H3/t11-/m1/s1. The molecular formula is C13H20O. The topological polar surface area (TPSA) is 9.23 Å². The summed E-state index contributed by atoms with van der Waals surface area (Å²) in [6.07, 6.45) is 3.77.